The van der Waals surface area contributed by atoms with E-state index in [2.05, 4.69) is 41.1 Å². The summed E-state index contributed by atoms with van der Waals surface area (Å²) in [6.45, 7) is 12.7. The molecule has 27 heavy (non-hydrogen) atoms. The minimum Gasteiger partial charge on any atom is -0.379 e. The molecule has 0 bridgehead atoms. The highest BCUT2D eigenvalue weighted by Crippen LogP contribution is 2.19. The minimum atomic E-state index is 0.0235. The summed E-state index contributed by atoms with van der Waals surface area (Å²) < 4.78 is 5.44. The van der Waals surface area contributed by atoms with Crippen LogP contribution in [-0.4, -0.2) is 79.3 Å². The lowest BCUT2D eigenvalue weighted by Gasteiger charge is -2.40. The number of hydrogen-bond acceptors (Lipinski definition) is 4. The van der Waals surface area contributed by atoms with Gasteiger partial charge in [-0.05, 0) is 43.6 Å². The molecule has 0 saturated carbocycles. The van der Waals surface area contributed by atoms with Crippen molar-refractivity contribution in [3.8, 4) is 0 Å². The number of anilines is 1. The van der Waals surface area contributed by atoms with Crippen molar-refractivity contribution in [2.24, 2.45) is 0 Å². The van der Waals surface area contributed by atoms with Crippen molar-refractivity contribution in [3.05, 3.63) is 29.8 Å². The Bertz CT molecular complexity index is 592. The standard InChI is InChI=1S/C21H34N4O2/c1-3-23(4-2)17-18-6-5-7-19(16-18)22-21(26)25-10-8-20(9-11-25)24-12-14-27-15-13-24/h5-7,16,20H,3-4,8-15,17H2,1-2H3,(H,22,26). The molecular weight excluding hydrogens is 340 g/mol. The Balaban J connectivity index is 1.49. The van der Waals surface area contributed by atoms with Gasteiger partial charge in [0.05, 0.1) is 13.2 Å². The maximum Gasteiger partial charge on any atom is 0.321 e. The molecule has 2 aliphatic heterocycles. The first-order chi connectivity index (χ1) is 13.2. The highest BCUT2D eigenvalue weighted by Gasteiger charge is 2.27. The van der Waals surface area contributed by atoms with Gasteiger partial charge in [0.2, 0.25) is 0 Å². The Morgan fingerprint density at radius 1 is 1.15 bits per heavy atom. The zero-order chi connectivity index (χ0) is 19.1. The molecule has 3 rings (SSSR count). The van der Waals surface area contributed by atoms with Gasteiger partial charge in [0, 0.05) is 44.5 Å². The van der Waals surface area contributed by atoms with Crippen LogP contribution in [0.5, 0.6) is 0 Å². The van der Waals surface area contributed by atoms with Gasteiger partial charge in [-0.3, -0.25) is 9.80 Å². The normalized spacial score (nSPS) is 19.4. The van der Waals surface area contributed by atoms with Crippen LogP contribution in [0.2, 0.25) is 0 Å². The molecule has 0 unspecified atom stereocenters. The Hall–Kier alpha value is -1.63. The van der Waals surface area contributed by atoms with E-state index in [1.807, 2.05) is 17.0 Å². The molecule has 0 radical (unpaired) electrons. The highest BCUT2D eigenvalue weighted by atomic mass is 16.5. The predicted octanol–water partition coefficient (Wildman–Crippen LogP) is 2.86. The van der Waals surface area contributed by atoms with E-state index in [0.717, 1.165) is 77.6 Å². The fourth-order valence-corrected chi connectivity index (χ4v) is 4.03. The molecule has 0 spiro atoms. The molecule has 0 atom stereocenters. The van der Waals surface area contributed by atoms with Crippen LogP contribution in [0.25, 0.3) is 0 Å². The number of nitrogens with zero attached hydrogens (tertiary/aromatic N) is 3. The van der Waals surface area contributed by atoms with Crippen molar-refractivity contribution in [3.63, 3.8) is 0 Å². The van der Waals surface area contributed by atoms with Gasteiger partial charge < -0.3 is 15.0 Å². The average Bonchev–Trinajstić information content (AvgIpc) is 2.73. The third-order valence-corrected chi connectivity index (χ3v) is 5.79. The highest BCUT2D eigenvalue weighted by molar-refractivity contribution is 5.89. The molecule has 0 aliphatic carbocycles. The molecule has 2 saturated heterocycles. The molecule has 0 aromatic heterocycles. The summed E-state index contributed by atoms with van der Waals surface area (Å²) in [5, 5.41) is 3.09. The zero-order valence-electron chi connectivity index (χ0n) is 16.8. The lowest BCUT2D eigenvalue weighted by molar-refractivity contribution is 0.00419. The SMILES string of the molecule is CCN(CC)Cc1cccc(NC(=O)N2CCC(N3CCOCC3)CC2)c1. The van der Waals surface area contributed by atoms with E-state index >= 15 is 0 Å². The summed E-state index contributed by atoms with van der Waals surface area (Å²) in [4.78, 5) is 19.5. The monoisotopic (exact) mass is 374 g/mol. The van der Waals surface area contributed by atoms with Gasteiger partial charge >= 0.3 is 6.03 Å². The molecule has 2 heterocycles. The number of ether oxygens (including phenoxy) is 1. The summed E-state index contributed by atoms with van der Waals surface area (Å²) >= 11 is 0. The molecule has 2 amide bonds. The number of carbonyl (C=O) groups is 1. The summed E-state index contributed by atoms with van der Waals surface area (Å²) in [7, 11) is 0. The zero-order valence-corrected chi connectivity index (χ0v) is 16.8. The first-order valence-electron chi connectivity index (χ1n) is 10.4. The van der Waals surface area contributed by atoms with E-state index in [9.17, 15) is 4.79 Å². The van der Waals surface area contributed by atoms with Gasteiger partial charge in [0.1, 0.15) is 0 Å². The van der Waals surface area contributed by atoms with Crippen LogP contribution in [0.15, 0.2) is 24.3 Å². The van der Waals surface area contributed by atoms with Crippen molar-refractivity contribution in [2.45, 2.75) is 39.3 Å². The third-order valence-electron chi connectivity index (χ3n) is 5.79. The maximum absolute atomic E-state index is 12.7. The number of nitrogens with one attached hydrogen (secondary N) is 1. The number of rotatable bonds is 6. The van der Waals surface area contributed by atoms with Crippen molar-refractivity contribution < 1.29 is 9.53 Å². The van der Waals surface area contributed by atoms with Crippen LogP contribution in [0.4, 0.5) is 10.5 Å². The fraction of sp³-hybridized carbons (Fsp3) is 0.667. The van der Waals surface area contributed by atoms with Gasteiger partial charge in [0.15, 0.2) is 0 Å². The van der Waals surface area contributed by atoms with E-state index < -0.39 is 0 Å². The average molecular weight is 375 g/mol. The molecule has 2 fully saturated rings. The number of piperidine rings is 1. The number of carbonyl (C=O) groups excluding carboxylic acids is 1. The molecule has 6 nitrogen and oxygen atoms in total. The van der Waals surface area contributed by atoms with Gasteiger partial charge in [-0.15, -0.1) is 0 Å². The summed E-state index contributed by atoms with van der Waals surface area (Å²) in [5.74, 6) is 0. The molecule has 6 heteroatoms. The van der Waals surface area contributed by atoms with Crippen molar-refractivity contribution in [1.82, 2.24) is 14.7 Å². The maximum atomic E-state index is 12.7. The largest absolute Gasteiger partial charge is 0.379 e. The van der Waals surface area contributed by atoms with Gasteiger partial charge in [-0.25, -0.2) is 4.79 Å². The topological polar surface area (TPSA) is 48.1 Å². The minimum absolute atomic E-state index is 0.0235. The second-order valence-electron chi connectivity index (χ2n) is 7.46. The molecular formula is C21H34N4O2. The second-order valence-corrected chi connectivity index (χ2v) is 7.46. The third kappa shape index (κ3) is 5.67. The summed E-state index contributed by atoms with van der Waals surface area (Å²) in [6, 6.07) is 8.84. The predicted molar refractivity (Wildman–Crippen MR) is 109 cm³/mol. The van der Waals surface area contributed by atoms with E-state index in [4.69, 9.17) is 4.74 Å². The quantitative estimate of drug-likeness (QED) is 0.832. The first-order valence-corrected chi connectivity index (χ1v) is 10.4. The Morgan fingerprint density at radius 2 is 1.85 bits per heavy atom. The molecule has 1 aromatic rings. The number of morpholine rings is 1. The second kappa shape index (κ2) is 10.1. The number of likely N-dealkylation sites (tertiary alicyclic amines) is 1. The molecule has 150 valence electrons. The molecule has 1 N–H and O–H groups in total. The number of amides is 2. The first kappa shape index (κ1) is 20.1. The van der Waals surface area contributed by atoms with Crippen LogP contribution in [-0.2, 0) is 11.3 Å². The van der Waals surface area contributed by atoms with Crippen LogP contribution in [0.3, 0.4) is 0 Å². The van der Waals surface area contributed by atoms with E-state index in [1.165, 1.54) is 5.56 Å². The Morgan fingerprint density at radius 3 is 2.52 bits per heavy atom. The number of urea groups is 1. The fourth-order valence-electron chi connectivity index (χ4n) is 4.03. The van der Waals surface area contributed by atoms with Crippen LogP contribution >= 0.6 is 0 Å². The summed E-state index contributed by atoms with van der Waals surface area (Å²) in [5.41, 5.74) is 2.13. The van der Waals surface area contributed by atoms with Crippen LogP contribution in [0.1, 0.15) is 32.3 Å². The Labute approximate surface area is 163 Å². The van der Waals surface area contributed by atoms with Crippen molar-refractivity contribution in [1.29, 1.82) is 0 Å². The van der Waals surface area contributed by atoms with E-state index in [-0.39, 0.29) is 6.03 Å². The van der Waals surface area contributed by atoms with Gasteiger partial charge in [-0.1, -0.05) is 26.0 Å². The summed E-state index contributed by atoms with van der Waals surface area (Å²) in [6.07, 6.45) is 2.10. The van der Waals surface area contributed by atoms with E-state index in [0.29, 0.717) is 6.04 Å². The van der Waals surface area contributed by atoms with Crippen molar-refractivity contribution >= 4 is 11.7 Å². The van der Waals surface area contributed by atoms with Crippen LogP contribution < -0.4 is 5.32 Å². The van der Waals surface area contributed by atoms with E-state index in [1.54, 1.807) is 0 Å². The number of hydrogen-bond donors (Lipinski definition) is 1. The Kier molecular flexibility index (Phi) is 7.50. The van der Waals surface area contributed by atoms with Gasteiger partial charge in [-0.2, -0.15) is 0 Å². The lowest BCUT2D eigenvalue weighted by Crippen LogP contribution is -2.50. The van der Waals surface area contributed by atoms with Gasteiger partial charge in [0.25, 0.3) is 0 Å². The molecule has 1 aromatic carbocycles. The smallest absolute Gasteiger partial charge is 0.321 e. The van der Waals surface area contributed by atoms with Crippen LogP contribution in [0, 0.1) is 0 Å². The number of benzene rings is 1. The van der Waals surface area contributed by atoms with Crippen molar-refractivity contribution in [2.75, 3.05) is 57.8 Å². The lowest BCUT2D eigenvalue weighted by atomic mass is 10.0. The molecule has 2 aliphatic rings.